The van der Waals surface area contributed by atoms with Crippen molar-refractivity contribution in [3.8, 4) is 0 Å². The number of esters is 1. The maximum absolute atomic E-state index is 12.5. The summed E-state index contributed by atoms with van der Waals surface area (Å²) in [5, 5.41) is 2.22. The molecule has 3 unspecified atom stereocenters. The number of hydrogen-bond donors (Lipinski definition) is 1. The van der Waals surface area contributed by atoms with Crippen LogP contribution in [0.1, 0.15) is 38.5 Å². The molecule has 1 amide bonds. The average Bonchev–Trinajstić information content (AvgIpc) is 2.89. The molecule has 5 nitrogen and oxygen atoms in total. The first-order valence-electron chi connectivity index (χ1n) is 8.00. The number of ether oxygens (including phenoxy) is 1. The van der Waals surface area contributed by atoms with Gasteiger partial charge in [-0.1, -0.05) is 12.8 Å². The molecule has 8 heteroatoms. The fourth-order valence-corrected chi connectivity index (χ4v) is 3.72. The number of rotatable bonds is 5. The van der Waals surface area contributed by atoms with Crippen molar-refractivity contribution in [3.05, 3.63) is 0 Å². The molecule has 132 valence electrons. The molecule has 0 aromatic carbocycles. The zero-order chi connectivity index (χ0) is 17.0. The monoisotopic (exact) mass is 336 g/mol. The van der Waals surface area contributed by atoms with Crippen molar-refractivity contribution in [1.29, 1.82) is 0 Å². The Morgan fingerprint density at radius 2 is 1.96 bits per heavy atom. The second kappa shape index (κ2) is 7.51. The van der Waals surface area contributed by atoms with Crippen LogP contribution < -0.4 is 5.32 Å². The van der Waals surface area contributed by atoms with E-state index in [9.17, 15) is 22.8 Å². The predicted octanol–water partition coefficient (Wildman–Crippen LogP) is 1.86. The fraction of sp³-hybridized carbons (Fsp3) is 0.867. The number of carbonyl (C=O) groups excluding carboxylic acids is 2. The lowest BCUT2D eigenvalue weighted by molar-refractivity contribution is -0.152. The first kappa shape index (κ1) is 18.0. The SMILES string of the molecule is COC(=O)C1CC2CCCCC2N1C(=O)CCNCC(F)(F)F. The Balaban J connectivity index is 1.95. The standard InChI is InChI=1S/C15H23F3N2O3/c1-23-14(22)12-8-10-4-2-3-5-11(10)20(12)13(21)6-7-19-9-15(16,17)18/h10-12,19H,2-9H2,1H3. The molecule has 1 saturated carbocycles. The zero-order valence-corrected chi connectivity index (χ0v) is 13.2. The van der Waals surface area contributed by atoms with Gasteiger partial charge >= 0.3 is 12.1 Å². The molecule has 0 spiro atoms. The lowest BCUT2D eigenvalue weighted by atomic mass is 9.84. The van der Waals surface area contributed by atoms with Gasteiger partial charge in [0.1, 0.15) is 6.04 Å². The van der Waals surface area contributed by atoms with Crippen LogP contribution in [-0.2, 0) is 14.3 Å². The highest BCUT2D eigenvalue weighted by Gasteiger charge is 2.47. The number of halogens is 3. The second-order valence-electron chi connectivity index (χ2n) is 6.23. The van der Waals surface area contributed by atoms with Gasteiger partial charge in [0.05, 0.1) is 13.7 Å². The fourth-order valence-electron chi connectivity index (χ4n) is 3.72. The number of hydrogen-bond acceptors (Lipinski definition) is 4. The van der Waals surface area contributed by atoms with Crippen LogP contribution in [0.2, 0.25) is 0 Å². The zero-order valence-electron chi connectivity index (χ0n) is 13.2. The molecule has 1 aliphatic heterocycles. The Kier molecular flexibility index (Phi) is 5.89. The van der Waals surface area contributed by atoms with Gasteiger partial charge in [0, 0.05) is 19.0 Å². The van der Waals surface area contributed by atoms with Crippen LogP contribution in [0.25, 0.3) is 0 Å². The molecule has 2 rings (SSSR count). The maximum atomic E-state index is 12.5. The highest BCUT2D eigenvalue weighted by molar-refractivity contribution is 5.85. The molecule has 0 aromatic rings. The number of methoxy groups -OCH3 is 1. The smallest absolute Gasteiger partial charge is 0.401 e. The van der Waals surface area contributed by atoms with Crippen LogP contribution in [0.3, 0.4) is 0 Å². The molecule has 1 N–H and O–H groups in total. The van der Waals surface area contributed by atoms with Gasteiger partial charge in [-0.3, -0.25) is 4.79 Å². The summed E-state index contributed by atoms with van der Waals surface area (Å²) in [6.07, 6.45) is 0.176. The van der Waals surface area contributed by atoms with Gasteiger partial charge in [0.15, 0.2) is 0 Å². The first-order valence-corrected chi connectivity index (χ1v) is 8.00. The Hall–Kier alpha value is -1.31. The van der Waals surface area contributed by atoms with E-state index >= 15 is 0 Å². The van der Waals surface area contributed by atoms with E-state index in [4.69, 9.17) is 4.74 Å². The van der Waals surface area contributed by atoms with Crippen LogP contribution in [0.5, 0.6) is 0 Å². The minimum absolute atomic E-state index is 0.0166. The molecular weight excluding hydrogens is 313 g/mol. The predicted molar refractivity (Wildman–Crippen MR) is 76.6 cm³/mol. The van der Waals surface area contributed by atoms with E-state index in [1.54, 1.807) is 4.90 Å². The van der Waals surface area contributed by atoms with E-state index in [2.05, 4.69) is 5.32 Å². The van der Waals surface area contributed by atoms with Gasteiger partial charge in [0.25, 0.3) is 0 Å². The molecule has 0 bridgehead atoms. The van der Waals surface area contributed by atoms with Crippen LogP contribution in [0.4, 0.5) is 13.2 Å². The Morgan fingerprint density at radius 1 is 1.26 bits per heavy atom. The molecule has 2 aliphatic rings. The van der Waals surface area contributed by atoms with Gasteiger partial charge in [-0.15, -0.1) is 0 Å². The minimum Gasteiger partial charge on any atom is -0.467 e. The van der Waals surface area contributed by atoms with Crippen LogP contribution >= 0.6 is 0 Å². The quantitative estimate of drug-likeness (QED) is 0.615. The molecule has 3 atom stereocenters. The molecule has 23 heavy (non-hydrogen) atoms. The van der Waals surface area contributed by atoms with Crippen molar-refractivity contribution in [3.63, 3.8) is 0 Å². The summed E-state index contributed by atoms with van der Waals surface area (Å²) < 4.78 is 41.1. The maximum Gasteiger partial charge on any atom is 0.401 e. The Bertz CT molecular complexity index is 442. The van der Waals surface area contributed by atoms with Gasteiger partial charge in [-0.05, 0) is 25.2 Å². The van der Waals surface area contributed by atoms with E-state index in [1.165, 1.54) is 7.11 Å². The average molecular weight is 336 g/mol. The Morgan fingerprint density at radius 3 is 2.61 bits per heavy atom. The summed E-state index contributed by atoms with van der Waals surface area (Å²) >= 11 is 0. The van der Waals surface area contributed by atoms with Gasteiger partial charge in [-0.2, -0.15) is 13.2 Å². The van der Waals surface area contributed by atoms with Crippen molar-refractivity contribution in [2.24, 2.45) is 5.92 Å². The number of likely N-dealkylation sites (tertiary alicyclic amines) is 1. The second-order valence-corrected chi connectivity index (χ2v) is 6.23. The lowest BCUT2D eigenvalue weighted by Gasteiger charge is -2.33. The van der Waals surface area contributed by atoms with E-state index in [0.717, 1.165) is 25.7 Å². The molecule has 1 saturated heterocycles. The third kappa shape index (κ3) is 4.59. The number of fused-ring (bicyclic) bond motifs is 1. The van der Waals surface area contributed by atoms with Crippen molar-refractivity contribution in [1.82, 2.24) is 10.2 Å². The van der Waals surface area contributed by atoms with E-state index in [-0.39, 0.29) is 24.9 Å². The number of nitrogens with zero attached hydrogens (tertiary/aromatic N) is 1. The molecule has 0 aromatic heterocycles. The summed E-state index contributed by atoms with van der Waals surface area (Å²) in [5.41, 5.74) is 0. The topological polar surface area (TPSA) is 58.6 Å². The van der Waals surface area contributed by atoms with Crippen LogP contribution in [0, 0.1) is 5.92 Å². The number of amides is 1. The molecule has 2 fully saturated rings. The normalized spacial score (nSPS) is 27.7. The van der Waals surface area contributed by atoms with Crippen molar-refractivity contribution < 1.29 is 27.5 Å². The summed E-state index contributed by atoms with van der Waals surface area (Å²) in [5.74, 6) is -0.416. The van der Waals surface area contributed by atoms with Crippen LogP contribution in [-0.4, -0.2) is 55.2 Å². The van der Waals surface area contributed by atoms with Crippen molar-refractivity contribution in [2.75, 3.05) is 20.2 Å². The van der Waals surface area contributed by atoms with Crippen molar-refractivity contribution in [2.45, 2.75) is 56.8 Å². The number of alkyl halides is 3. The summed E-state index contributed by atoms with van der Waals surface area (Å²) in [6.45, 7) is -1.17. The van der Waals surface area contributed by atoms with Gasteiger partial charge in [0.2, 0.25) is 5.91 Å². The third-order valence-electron chi connectivity index (χ3n) is 4.69. The van der Waals surface area contributed by atoms with Crippen LogP contribution in [0.15, 0.2) is 0 Å². The minimum atomic E-state index is -4.29. The van der Waals surface area contributed by atoms with E-state index < -0.39 is 24.7 Å². The molecule has 1 aliphatic carbocycles. The highest BCUT2D eigenvalue weighted by Crippen LogP contribution is 2.40. The Labute approximate surface area is 133 Å². The number of nitrogens with one attached hydrogen (secondary N) is 1. The lowest BCUT2D eigenvalue weighted by Crippen LogP contribution is -2.47. The van der Waals surface area contributed by atoms with E-state index in [0.29, 0.717) is 12.3 Å². The van der Waals surface area contributed by atoms with E-state index in [1.807, 2.05) is 0 Å². The first-order chi connectivity index (χ1) is 10.8. The van der Waals surface area contributed by atoms with Crippen molar-refractivity contribution >= 4 is 11.9 Å². The van der Waals surface area contributed by atoms with Gasteiger partial charge < -0.3 is 15.0 Å². The molecule has 1 heterocycles. The summed E-state index contributed by atoms with van der Waals surface area (Å²) in [4.78, 5) is 26.0. The summed E-state index contributed by atoms with van der Waals surface area (Å²) in [7, 11) is 1.29. The largest absolute Gasteiger partial charge is 0.467 e. The number of carbonyl (C=O) groups is 2. The molecular formula is C15H23F3N2O3. The highest BCUT2D eigenvalue weighted by atomic mass is 19.4. The third-order valence-corrected chi connectivity index (χ3v) is 4.69. The molecule has 0 radical (unpaired) electrons. The summed E-state index contributed by atoms with van der Waals surface area (Å²) in [6, 6.07) is -0.578. The van der Waals surface area contributed by atoms with Gasteiger partial charge in [-0.25, -0.2) is 4.79 Å².